The smallest absolute Gasteiger partial charge is 0.253 e. The number of benzene rings is 4. The van der Waals surface area contributed by atoms with Gasteiger partial charge in [-0.25, -0.2) is 8.78 Å². The zero-order chi connectivity index (χ0) is 34.3. The summed E-state index contributed by atoms with van der Waals surface area (Å²) < 4.78 is 28.6. The molecule has 10 heteroatoms. The van der Waals surface area contributed by atoms with Crippen molar-refractivity contribution < 1.29 is 28.0 Å². The van der Waals surface area contributed by atoms with Crippen LogP contribution >= 0.6 is 0 Å². The Morgan fingerprint density at radius 3 is 1.26 bits per heavy atom. The van der Waals surface area contributed by atoms with E-state index in [1.165, 1.54) is 12.1 Å². The fourth-order valence-corrected chi connectivity index (χ4v) is 7.47. The van der Waals surface area contributed by atoms with E-state index < -0.39 is 11.2 Å². The van der Waals surface area contributed by atoms with Gasteiger partial charge in [-0.15, -0.1) is 0 Å². The summed E-state index contributed by atoms with van der Waals surface area (Å²) in [5.74, 6) is -0.704. The van der Waals surface area contributed by atoms with Crippen molar-refractivity contribution in [3.8, 4) is 11.1 Å². The van der Waals surface area contributed by atoms with E-state index in [2.05, 4.69) is 10.3 Å². The van der Waals surface area contributed by atoms with Gasteiger partial charge in [-0.1, -0.05) is 71.0 Å². The molecule has 0 aromatic heterocycles. The molecule has 2 saturated heterocycles. The van der Waals surface area contributed by atoms with Crippen molar-refractivity contribution in [2.24, 2.45) is 10.3 Å². The highest BCUT2D eigenvalue weighted by atomic mass is 19.1. The predicted octanol–water partition coefficient (Wildman–Crippen LogP) is 7.23. The molecule has 0 N–H and O–H groups in total. The predicted molar refractivity (Wildman–Crippen MR) is 185 cm³/mol. The second kappa shape index (κ2) is 12.8. The summed E-state index contributed by atoms with van der Waals surface area (Å²) in [6.45, 7) is 2.13. The van der Waals surface area contributed by atoms with Crippen LogP contribution in [0.3, 0.4) is 0 Å². The first-order valence-electron chi connectivity index (χ1n) is 17.1. The molecule has 0 radical (unpaired) electrons. The molecule has 2 fully saturated rings. The van der Waals surface area contributed by atoms with E-state index in [1.807, 2.05) is 58.3 Å². The number of oxime groups is 2. The van der Waals surface area contributed by atoms with Crippen LogP contribution in [0.1, 0.15) is 70.4 Å². The maximum atomic E-state index is 14.3. The first-order valence-corrected chi connectivity index (χ1v) is 17.1. The van der Waals surface area contributed by atoms with Crippen LogP contribution in [0.15, 0.2) is 107 Å². The minimum absolute atomic E-state index is 0.0399. The Morgan fingerprint density at radius 1 is 0.540 bits per heavy atom. The third kappa shape index (κ3) is 6.03. The molecular formula is C40H36F2N4O4. The van der Waals surface area contributed by atoms with Gasteiger partial charge in [-0.3, -0.25) is 9.59 Å². The number of halogens is 2. The fraction of sp³-hybridized carbons (Fsp3) is 0.300. The Balaban J connectivity index is 0.834. The summed E-state index contributed by atoms with van der Waals surface area (Å²) in [6, 6.07) is 28.2. The summed E-state index contributed by atoms with van der Waals surface area (Å²) in [7, 11) is 0. The second-order valence-electron chi connectivity index (χ2n) is 13.7. The Labute approximate surface area is 289 Å². The minimum Gasteiger partial charge on any atom is -0.388 e. The Hall–Kier alpha value is -5.38. The van der Waals surface area contributed by atoms with E-state index in [4.69, 9.17) is 9.68 Å². The summed E-state index contributed by atoms with van der Waals surface area (Å²) in [5.41, 5.74) is 4.25. The van der Waals surface area contributed by atoms with Crippen LogP contribution in [0.5, 0.6) is 0 Å². The van der Waals surface area contributed by atoms with Gasteiger partial charge in [0.15, 0.2) is 0 Å². The van der Waals surface area contributed by atoms with Gasteiger partial charge >= 0.3 is 0 Å². The highest BCUT2D eigenvalue weighted by Crippen LogP contribution is 2.38. The second-order valence-corrected chi connectivity index (χ2v) is 13.7. The van der Waals surface area contributed by atoms with Crippen molar-refractivity contribution in [2.45, 2.75) is 49.7 Å². The van der Waals surface area contributed by atoms with Crippen molar-refractivity contribution >= 4 is 23.2 Å². The van der Waals surface area contributed by atoms with E-state index in [0.29, 0.717) is 98.4 Å². The molecule has 4 aliphatic heterocycles. The van der Waals surface area contributed by atoms with E-state index >= 15 is 0 Å². The molecule has 8 rings (SSSR count). The molecule has 8 nitrogen and oxygen atoms in total. The van der Waals surface area contributed by atoms with Gasteiger partial charge in [-0.2, -0.15) is 0 Å². The van der Waals surface area contributed by atoms with Crippen LogP contribution in [0.2, 0.25) is 0 Å². The first kappa shape index (κ1) is 31.9. The van der Waals surface area contributed by atoms with Gasteiger partial charge < -0.3 is 19.5 Å². The number of rotatable bonds is 5. The topological polar surface area (TPSA) is 83.8 Å². The maximum absolute atomic E-state index is 14.3. The molecule has 4 aromatic rings. The van der Waals surface area contributed by atoms with Crippen molar-refractivity contribution in [3.63, 3.8) is 0 Å². The SMILES string of the molecule is O=C(c1ccc(-c2ccc(C(=O)N3CCC4(CC3)CC(c3ccccc3F)=NO4)cc2)cc1)N1CCC2(CC1)CC(c1ccccc1F)=NO2. The zero-order valence-corrected chi connectivity index (χ0v) is 27.5. The highest BCUT2D eigenvalue weighted by molar-refractivity contribution is 6.02. The third-order valence-electron chi connectivity index (χ3n) is 10.6. The average molecular weight is 675 g/mol. The number of hydrogen-bond donors (Lipinski definition) is 0. The molecular weight excluding hydrogens is 638 g/mol. The summed E-state index contributed by atoms with van der Waals surface area (Å²) in [6.07, 6.45) is 3.55. The quantitative estimate of drug-likeness (QED) is 0.224. The number of carbonyl (C=O) groups is 2. The Bertz CT molecular complexity index is 1850. The maximum Gasteiger partial charge on any atom is 0.253 e. The van der Waals surface area contributed by atoms with Crippen molar-refractivity contribution in [2.75, 3.05) is 26.2 Å². The Kier molecular flexibility index (Phi) is 8.17. The number of carbonyl (C=O) groups excluding carboxylic acids is 2. The van der Waals surface area contributed by atoms with E-state index in [0.717, 1.165) is 11.1 Å². The molecule has 0 aliphatic carbocycles. The summed E-state index contributed by atoms with van der Waals surface area (Å²) >= 11 is 0. The molecule has 4 heterocycles. The van der Waals surface area contributed by atoms with Gasteiger partial charge in [0.25, 0.3) is 11.8 Å². The number of amides is 2. The molecule has 254 valence electrons. The van der Waals surface area contributed by atoms with E-state index in [9.17, 15) is 18.4 Å². The van der Waals surface area contributed by atoms with Gasteiger partial charge in [-0.05, 0) is 47.5 Å². The molecule has 0 unspecified atom stereocenters. The fourth-order valence-electron chi connectivity index (χ4n) is 7.47. The van der Waals surface area contributed by atoms with Gasteiger partial charge in [0, 0.05) is 87.0 Å². The first-order chi connectivity index (χ1) is 24.3. The van der Waals surface area contributed by atoms with Crippen molar-refractivity contribution in [1.82, 2.24) is 9.80 Å². The summed E-state index contributed by atoms with van der Waals surface area (Å²) in [5, 5.41) is 8.42. The third-order valence-corrected chi connectivity index (χ3v) is 10.6. The van der Waals surface area contributed by atoms with Crippen LogP contribution in [-0.4, -0.2) is 70.4 Å². The van der Waals surface area contributed by atoms with Crippen LogP contribution in [-0.2, 0) is 9.68 Å². The van der Waals surface area contributed by atoms with Crippen molar-refractivity contribution in [3.05, 3.63) is 131 Å². The number of piperidine rings is 2. The lowest BCUT2D eigenvalue weighted by Crippen LogP contribution is -2.46. The lowest BCUT2D eigenvalue weighted by Gasteiger charge is -2.37. The van der Waals surface area contributed by atoms with Gasteiger partial charge in [0.2, 0.25) is 0 Å². The normalized spacial score (nSPS) is 19.2. The molecule has 0 bridgehead atoms. The van der Waals surface area contributed by atoms with Gasteiger partial charge in [0.1, 0.15) is 22.8 Å². The monoisotopic (exact) mass is 674 g/mol. The molecule has 4 aliphatic rings. The minimum atomic E-state index is -0.504. The molecule has 2 spiro atoms. The van der Waals surface area contributed by atoms with Crippen LogP contribution < -0.4 is 0 Å². The Morgan fingerprint density at radius 2 is 0.900 bits per heavy atom. The molecule has 50 heavy (non-hydrogen) atoms. The molecule has 0 saturated carbocycles. The van der Waals surface area contributed by atoms with Crippen molar-refractivity contribution in [1.29, 1.82) is 0 Å². The highest BCUT2D eigenvalue weighted by Gasteiger charge is 2.45. The van der Waals surface area contributed by atoms with E-state index in [1.54, 1.807) is 36.4 Å². The lowest BCUT2D eigenvalue weighted by atomic mass is 9.85. The lowest BCUT2D eigenvalue weighted by molar-refractivity contribution is -0.0572. The molecule has 4 aromatic carbocycles. The standard InChI is InChI=1S/C40H36F2N4O4/c41-33-7-3-1-5-31(33)35-25-39(49-43-35)17-21-45(22-18-39)37(47)29-13-9-27(10-14-29)28-11-15-30(16-12-28)38(48)46-23-19-40(20-24-46)26-36(44-50-40)32-6-2-4-8-34(32)42/h1-16H,17-26H2. The zero-order valence-electron chi connectivity index (χ0n) is 27.5. The molecule has 2 amide bonds. The number of hydrogen-bond acceptors (Lipinski definition) is 6. The van der Waals surface area contributed by atoms with Crippen LogP contribution in [0.4, 0.5) is 8.78 Å². The van der Waals surface area contributed by atoms with Gasteiger partial charge in [0.05, 0.1) is 11.4 Å². The van der Waals surface area contributed by atoms with Crippen LogP contribution in [0, 0.1) is 11.6 Å². The molecule has 0 atom stereocenters. The van der Waals surface area contributed by atoms with Crippen LogP contribution in [0.25, 0.3) is 11.1 Å². The number of likely N-dealkylation sites (tertiary alicyclic amines) is 2. The van der Waals surface area contributed by atoms with E-state index in [-0.39, 0.29) is 23.4 Å². The largest absolute Gasteiger partial charge is 0.388 e. The average Bonchev–Trinajstić information content (AvgIpc) is 3.76. The summed E-state index contributed by atoms with van der Waals surface area (Å²) in [4.78, 5) is 42.1. The number of nitrogens with zero attached hydrogens (tertiary/aromatic N) is 4.